The van der Waals surface area contributed by atoms with Crippen LogP contribution in [0.1, 0.15) is 107 Å². The number of allylic oxidation sites excluding steroid dienone is 4. The van der Waals surface area contributed by atoms with Crippen molar-refractivity contribution in [3.63, 3.8) is 0 Å². The van der Waals surface area contributed by atoms with Crippen LogP contribution in [0.3, 0.4) is 0 Å². The van der Waals surface area contributed by atoms with E-state index >= 15 is 8.78 Å². The Hall–Kier alpha value is -2.65. The van der Waals surface area contributed by atoms with Crippen molar-refractivity contribution in [2.24, 2.45) is 28.6 Å². The van der Waals surface area contributed by atoms with Gasteiger partial charge in [-0.15, -0.1) is 0 Å². The summed E-state index contributed by atoms with van der Waals surface area (Å²) in [5, 5.41) is 11.2. The molecule has 0 aromatic heterocycles. The van der Waals surface area contributed by atoms with Gasteiger partial charge in [-0.2, -0.15) is 0 Å². The first-order chi connectivity index (χ1) is 22.2. The first-order valence-electron chi connectivity index (χ1n) is 17.2. The lowest BCUT2D eigenvalue weighted by molar-refractivity contribution is -0.228. The van der Waals surface area contributed by atoms with E-state index in [4.69, 9.17) is 4.74 Å². The summed E-state index contributed by atoms with van der Waals surface area (Å²) in [6.07, 6.45) is 6.25. The number of Topliss-reactive ketones (excluding diaryl/α,β-unsaturated/α-hetero) is 1. The van der Waals surface area contributed by atoms with Crippen LogP contribution in [-0.2, 0) is 19.1 Å². The average Bonchev–Trinajstić information content (AvgIpc) is 3.28. The highest BCUT2D eigenvalue weighted by molar-refractivity contribution is 8.14. The Balaban J connectivity index is 1.29. The van der Waals surface area contributed by atoms with Gasteiger partial charge >= 0.3 is 5.97 Å². The van der Waals surface area contributed by atoms with Crippen LogP contribution < -0.4 is 0 Å². The van der Waals surface area contributed by atoms with E-state index in [2.05, 4.69) is 0 Å². The largest absolute Gasteiger partial charge is 0.449 e. The quantitative estimate of drug-likeness (QED) is 0.238. The molecule has 1 aromatic rings. The fraction of sp³-hybridized carbons (Fsp3) is 0.632. The van der Waals surface area contributed by atoms with E-state index in [1.807, 2.05) is 24.3 Å². The molecular weight excluding hydrogens is 622 g/mol. The number of fused-ring (bicyclic) bond motifs is 5. The van der Waals surface area contributed by atoms with Crippen LogP contribution in [0, 0.1) is 28.6 Å². The van der Waals surface area contributed by atoms with Gasteiger partial charge < -0.3 is 9.84 Å². The van der Waals surface area contributed by atoms with E-state index in [9.17, 15) is 24.3 Å². The zero-order chi connectivity index (χ0) is 33.9. The van der Waals surface area contributed by atoms with Crippen molar-refractivity contribution >= 4 is 34.4 Å². The summed E-state index contributed by atoms with van der Waals surface area (Å²) in [6, 6.07) is 7.62. The summed E-state index contributed by atoms with van der Waals surface area (Å²) in [5.41, 5.74) is -5.13. The molecule has 9 atom stereocenters. The van der Waals surface area contributed by atoms with Crippen molar-refractivity contribution < 1.29 is 37.8 Å². The van der Waals surface area contributed by atoms with Crippen LogP contribution in [0.15, 0.2) is 48.1 Å². The molecule has 0 spiro atoms. The third kappa shape index (κ3) is 5.12. The molecule has 4 saturated carbocycles. The third-order valence-corrected chi connectivity index (χ3v) is 13.7. The van der Waals surface area contributed by atoms with E-state index in [-0.39, 0.29) is 42.8 Å². The highest BCUT2D eigenvalue weighted by atomic mass is 32.2. The minimum atomic E-state index is -2.32. The lowest BCUT2D eigenvalue weighted by Crippen LogP contribution is -2.70. The summed E-state index contributed by atoms with van der Waals surface area (Å²) in [6.45, 7) is 6.68. The van der Waals surface area contributed by atoms with Gasteiger partial charge in [-0.25, -0.2) is 8.78 Å². The number of ketones is 2. The lowest BCUT2D eigenvalue weighted by atomic mass is 9.44. The van der Waals surface area contributed by atoms with Gasteiger partial charge in [0.05, 0.1) is 11.9 Å². The molecule has 47 heavy (non-hydrogen) atoms. The monoisotopic (exact) mass is 668 g/mol. The van der Waals surface area contributed by atoms with E-state index < -0.39 is 69.0 Å². The van der Waals surface area contributed by atoms with Crippen molar-refractivity contribution in [2.45, 2.75) is 115 Å². The first kappa shape index (κ1) is 34.2. The summed E-state index contributed by atoms with van der Waals surface area (Å²) in [4.78, 5) is 53.0. The van der Waals surface area contributed by atoms with Gasteiger partial charge in [0.15, 0.2) is 22.8 Å². The number of ether oxygens (including phenoxy) is 1. The van der Waals surface area contributed by atoms with Crippen LogP contribution in [0.2, 0.25) is 0 Å². The number of rotatable bonds is 7. The number of thioether (sulfide) groups is 1. The van der Waals surface area contributed by atoms with E-state index in [0.717, 1.165) is 30.7 Å². The van der Waals surface area contributed by atoms with Gasteiger partial charge in [-0.05, 0) is 74.2 Å². The predicted molar refractivity (Wildman–Crippen MR) is 176 cm³/mol. The maximum atomic E-state index is 17.7. The van der Waals surface area contributed by atoms with Gasteiger partial charge in [0.2, 0.25) is 5.12 Å². The van der Waals surface area contributed by atoms with E-state index in [1.54, 1.807) is 20.8 Å². The number of hydrogen-bond acceptors (Lipinski definition) is 7. The molecule has 1 aromatic carbocycles. The molecule has 5 aliphatic carbocycles. The molecule has 6 nitrogen and oxygen atoms in total. The first-order valence-corrected chi connectivity index (χ1v) is 18.2. The minimum absolute atomic E-state index is 0.00390. The fourth-order valence-electron chi connectivity index (χ4n) is 10.2. The Morgan fingerprint density at radius 2 is 1.72 bits per heavy atom. The number of halogens is 2. The molecule has 4 fully saturated rings. The van der Waals surface area contributed by atoms with Gasteiger partial charge in [0.1, 0.15) is 6.17 Å². The summed E-state index contributed by atoms with van der Waals surface area (Å²) in [7, 11) is 0. The molecule has 0 bridgehead atoms. The second-order valence-electron chi connectivity index (χ2n) is 15.0. The van der Waals surface area contributed by atoms with Gasteiger partial charge in [-0.3, -0.25) is 19.2 Å². The molecule has 254 valence electrons. The lowest BCUT2D eigenvalue weighted by Gasteiger charge is -2.63. The topological polar surface area (TPSA) is 97.7 Å². The van der Waals surface area contributed by atoms with Gasteiger partial charge in [-0.1, -0.05) is 82.1 Å². The van der Waals surface area contributed by atoms with Crippen molar-refractivity contribution in [3.05, 3.63) is 59.2 Å². The second-order valence-corrected chi connectivity index (χ2v) is 16.0. The van der Waals surface area contributed by atoms with E-state index in [0.29, 0.717) is 11.5 Å². The Bertz CT molecular complexity index is 1520. The molecule has 0 radical (unpaired) electrons. The van der Waals surface area contributed by atoms with Crippen LogP contribution in [0.25, 0.3) is 0 Å². The molecule has 0 saturated heterocycles. The molecule has 5 aliphatic rings. The van der Waals surface area contributed by atoms with Gasteiger partial charge in [0, 0.05) is 34.7 Å². The van der Waals surface area contributed by atoms with Crippen molar-refractivity contribution in [2.75, 3.05) is 5.75 Å². The smallest absolute Gasteiger partial charge is 0.306 e. The normalized spacial score (nSPS) is 39.8. The summed E-state index contributed by atoms with van der Waals surface area (Å²) in [5.74, 6) is -3.15. The van der Waals surface area contributed by atoms with Crippen LogP contribution in [0.4, 0.5) is 8.78 Å². The summed E-state index contributed by atoms with van der Waals surface area (Å²) < 4.78 is 39.7. The molecule has 1 N–H and O–H groups in total. The van der Waals surface area contributed by atoms with Crippen molar-refractivity contribution in [1.29, 1.82) is 0 Å². The predicted octanol–water partition coefficient (Wildman–Crippen LogP) is 7.43. The SMILES string of the molecule is CCC(=O)O[C@]1(C(=O)SCC(=O)c2ccc(C3CCCCC3)cc2)[C@H](C)C[C@H]2[C@@H]3C[C@H](F)C4=CC(=O)C=C[C@]4(C)[C@@]3(F)[C@@H](O)C[C@@]21C. The van der Waals surface area contributed by atoms with Crippen LogP contribution in [-0.4, -0.2) is 57.1 Å². The third-order valence-electron chi connectivity index (χ3n) is 12.7. The number of benzene rings is 1. The molecule has 0 amide bonds. The fourth-order valence-corrected chi connectivity index (χ4v) is 11.3. The maximum Gasteiger partial charge on any atom is 0.306 e. The van der Waals surface area contributed by atoms with Crippen LogP contribution >= 0.6 is 11.8 Å². The molecular formula is C38H46F2O6S. The number of esters is 1. The highest BCUT2D eigenvalue weighted by Crippen LogP contribution is 2.72. The van der Waals surface area contributed by atoms with Crippen molar-refractivity contribution in [3.8, 4) is 0 Å². The maximum absolute atomic E-state index is 17.7. The Labute approximate surface area is 280 Å². The second kappa shape index (κ2) is 12.3. The highest BCUT2D eigenvalue weighted by Gasteiger charge is 2.78. The molecule has 0 heterocycles. The standard InChI is InChI=1S/C38H46F2O6S/c1-5-33(44)46-38(34(45)47-21-31(42)25-13-11-24(12-14-25)23-9-7-6-8-10-23)22(2)17-27-28-19-30(39)29-18-26(41)15-16-35(29,3)37(28,40)32(43)20-36(27,38)4/h11-16,18,22-23,27-28,30,32,43H,5-10,17,19-21H2,1-4H3/t22-,27+,28+,30+,32+,35+,36+,37+,38+/m1/s1. The van der Waals surface area contributed by atoms with Gasteiger partial charge in [0.25, 0.3) is 0 Å². The molecule has 9 heteroatoms. The number of alkyl halides is 2. The molecule has 0 unspecified atom stereocenters. The minimum Gasteiger partial charge on any atom is -0.449 e. The molecule has 0 aliphatic heterocycles. The average molecular weight is 669 g/mol. The number of carbonyl (C=O) groups is 4. The number of carbonyl (C=O) groups excluding carboxylic acids is 4. The Morgan fingerprint density at radius 3 is 2.38 bits per heavy atom. The summed E-state index contributed by atoms with van der Waals surface area (Å²) >= 11 is 0.793. The number of hydrogen-bond donors (Lipinski definition) is 1. The number of aliphatic hydroxyl groups is 1. The van der Waals surface area contributed by atoms with E-state index in [1.165, 1.54) is 43.9 Å². The number of aliphatic hydroxyl groups excluding tert-OH is 1. The zero-order valence-corrected chi connectivity index (χ0v) is 28.5. The Morgan fingerprint density at radius 1 is 1.04 bits per heavy atom. The Kier molecular flexibility index (Phi) is 8.99. The van der Waals surface area contributed by atoms with Crippen LogP contribution in [0.5, 0.6) is 0 Å². The van der Waals surface area contributed by atoms with Crippen molar-refractivity contribution in [1.82, 2.24) is 0 Å². The zero-order valence-electron chi connectivity index (χ0n) is 27.7. The molecule has 6 rings (SSSR count).